The molecule has 108 valence electrons. The van der Waals surface area contributed by atoms with Crippen LogP contribution >= 0.6 is 0 Å². The van der Waals surface area contributed by atoms with Gasteiger partial charge in [0.05, 0.1) is 19.0 Å². The molecule has 0 aromatic heterocycles. The van der Waals surface area contributed by atoms with Crippen molar-refractivity contribution in [2.24, 2.45) is 0 Å². The predicted octanol–water partition coefficient (Wildman–Crippen LogP) is 2.50. The Bertz CT molecular complexity index is 485. The minimum absolute atomic E-state index is 0.0367. The van der Waals surface area contributed by atoms with Crippen LogP contribution in [0.5, 0.6) is 0 Å². The predicted molar refractivity (Wildman–Crippen MR) is 81.7 cm³/mol. The number of aryl methyl sites for hydroxylation is 2. The smallest absolute Gasteiger partial charge is 0.241 e. The maximum atomic E-state index is 12.4. The molecule has 1 aromatic rings. The van der Waals surface area contributed by atoms with Gasteiger partial charge in [0.25, 0.3) is 0 Å². The molecule has 0 saturated carbocycles. The second kappa shape index (κ2) is 7.66. The van der Waals surface area contributed by atoms with Crippen molar-refractivity contribution in [2.75, 3.05) is 31.6 Å². The lowest BCUT2D eigenvalue weighted by molar-refractivity contribution is -0.119. The molecule has 1 rings (SSSR count). The summed E-state index contributed by atoms with van der Waals surface area (Å²) in [6.07, 6.45) is 0.342. The fourth-order valence-electron chi connectivity index (χ4n) is 2.09. The molecule has 0 bridgehead atoms. The average molecular weight is 273 g/mol. The molecule has 1 aromatic carbocycles. The van der Waals surface area contributed by atoms with Crippen molar-refractivity contribution in [3.63, 3.8) is 0 Å². The Hall–Kier alpha value is -1.86. The molecule has 0 unspecified atom stereocenters. The van der Waals surface area contributed by atoms with Gasteiger partial charge in [-0.25, -0.2) is 0 Å². The lowest BCUT2D eigenvalue weighted by Crippen LogP contribution is -2.39. The van der Waals surface area contributed by atoms with E-state index in [0.29, 0.717) is 19.5 Å². The van der Waals surface area contributed by atoms with Gasteiger partial charge >= 0.3 is 0 Å². The monoisotopic (exact) mass is 273 g/mol. The molecule has 0 radical (unpaired) electrons. The SMILES string of the molecule is CCN(C)CC(=O)N(CCC#N)c1cc(C)cc(C)c1. The molecular weight excluding hydrogens is 250 g/mol. The van der Waals surface area contributed by atoms with Crippen LogP contribution in [0, 0.1) is 25.2 Å². The van der Waals surface area contributed by atoms with Crippen LogP contribution in [0.2, 0.25) is 0 Å². The standard InChI is InChI=1S/C16H23N3O/c1-5-18(4)12-16(20)19(8-6-7-17)15-10-13(2)9-14(3)11-15/h9-11H,5-6,8,12H2,1-4H3. The number of nitrogens with zero attached hydrogens (tertiary/aromatic N) is 3. The molecule has 0 spiro atoms. The van der Waals surface area contributed by atoms with Gasteiger partial charge < -0.3 is 4.90 Å². The van der Waals surface area contributed by atoms with Crippen LogP contribution in [0.3, 0.4) is 0 Å². The van der Waals surface area contributed by atoms with Crippen LogP contribution in [0.25, 0.3) is 0 Å². The molecule has 0 aliphatic carbocycles. The van der Waals surface area contributed by atoms with Crippen molar-refractivity contribution in [3.05, 3.63) is 29.3 Å². The number of benzene rings is 1. The highest BCUT2D eigenvalue weighted by Gasteiger charge is 2.17. The molecule has 4 nitrogen and oxygen atoms in total. The summed E-state index contributed by atoms with van der Waals surface area (Å²) in [6, 6.07) is 8.18. The molecular formula is C16H23N3O. The van der Waals surface area contributed by atoms with Crippen molar-refractivity contribution in [1.82, 2.24) is 4.90 Å². The van der Waals surface area contributed by atoms with Crippen LogP contribution in [0.4, 0.5) is 5.69 Å². The van der Waals surface area contributed by atoms with E-state index in [1.165, 1.54) is 0 Å². The number of nitriles is 1. The maximum Gasteiger partial charge on any atom is 0.241 e. The Morgan fingerprint density at radius 2 is 1.85 bits per heavy atom. The third kappa shape index (κ3) is 4.67. The molecule has 0 heterocycles. The van der Waals surface area contributed by atoms with Crippen molar-refractivity contribution >= 4 is 11.6 Å². The van der Waals surface area contributed by atoms with Gasteiger partial charge in [-0.15, -0.1) is 0 Å². The highest BCUT2D eigenvalue weighted by atomic mass is 16.2. The minimum atomic E-state index is 0.0367. The maximum absolute atomic E-state index is 12.4. The fourth-order valence-corrected chi connectivity index (χ4v) is 2.09. The summed E-state index contributed by atoms with van der Waals surface area (Å²) in [7, 11) is 1.92. The first-order valence-corrected chi connectivity index (χ1v) is 6.92. The molecule has 4 heteroatoms. The van der Waals surface area contributed by atoms with E-state index in [9.17, 15) is 4.79 Å². The number of carbonyl (C=O) groups excluding carboxylic acids is 1. The topological polar surface area (TPSA) is 47.3 Å². The zero-order valence-electron chi connectivity index (χ0n) is 12.8. The van der Waals surface area contributed by atoms with Gasteiger partial charge in [0.15, 0.2) is 0 Å². The Labute approximate surface area is 121 Å². The van der Waals surface area contributed by atoms with Crippen LogP contribution in [-0.2, 0) is 4.79 Å². The van der Waals surface area contributed by atoms with Crippen LogP contribution in [0.15, 0.2) is 18.2 Å². The van der Waals surface area contributed by atoms with E-state index < -0.39 is 0 Å². The van der Waals surface area contributed by atoms with Gasteiger partial charge in [0.2, 0.25) is 5.91 Å². The first-order chi connectivity index (χ1) is 9.47. The van der Waals surface area contributed by atoms with Gasteiger partial charge in [0, 0.05) is 12.2 Å². The van der Waals surface area contributed by atoms with Crippen molar-refractivity contribution in [1.29, 1.82) is 5.26 Å². The molecule has 0 aliphatic heterocycles. The number of carbonyl (C=O) groups is 1. The Morgan fingerprint density at radius 3 is 2.35 bits per heavy atom. The molecule has 1 amide bonds. The second-order valence-electron chi connectivity index (χ2n) is 5.13. The normalized spacial score (nSPS) is 10.4. The fraction of sp³-hybridized carbons (Fsp3) is 0.500. The number of amides is 1. The Balaban J connectivity index is 2.99. The number of likely N-dealkylation sites (N-methyl/N-ethyl adjacent to an activating group) is 1. The van der Waals surface area contributed by atoms with E-state index in [4.69, 9.17) is 5.26 Å². The van der Waals surface area contributed by atoms with E-state index in [-0.39, 0.29) is 5.91 Å². The first kappa shape index (κ1) is 16.2. The van der Waals surface area contributed by atoms with Crippen LogP contribution in [-0.4, -0.2) is 37.5 Å². The highest BCUT2D eigenvalue weighted by Crippen LogP contribution is 2.19. The van der Waals surface area contributed by atoms with E-state index in [1.807, 2.05) is 44.9 Å². The molecule has 0 N–H and O–H groups in total. The largest absolute Gasteiger partial charge is 0.310 e. The molecule has 0 saturated heterocycles. The lowest BCUT2D eigenvalue weighted by atomic mass is 10.1. The van der Waals surface area contributed by atoms with E-state index in [0.717, 1.165) is 23.4 Å². The zero-order chi connectivity index (χ0) is 15.1. The van der Waals surface area contributed by atoms with Gasteiger partial charge in [0.1, 0.15) is 0 Å². The molecule has 20 heavy (non-hydrogen) atoms. The summed E-state index contributed by atoms with van der Waals surface area (Å²) in [5, 5.41) is 8.78. The number of anilines is 1. The molecule has 0 atom stereocenters. The summed E-state index contributed by atoms with van der Waals surface area (Å²) >= 11 is 0. The summed E-state index contributed by atoms with van der Waals surface area (Å²) < 4.78 is 0. The van der Waals surface area contributed by atoms with Crippen molar-refractivity contribution in [3.8, 4) is 6.07 Å². The third-order valence-electron chi connectivity index (χ3n) is 3.21. The van der Waals surface area contributed by atoms with Crippen LogP contribution < -0.4 is 4.90 Å². The summed E-state index contributed by atoms with van der Waals surface area (Å²) in [5.41, 5.74) is 3.13. The van der Waals surface area contributed by atoms with Gasteiger partial charge in [-0.3, -0.25) is 9.69 Å². The first-order valence-electron chi connectivity index (χ1n) is 6.92. The third-order valence-corrected chi connectivity index (χ3v) is 3.21. The summed E-state index contributed by atoms with van der Waals surface area (Å²) in [4.78, 5) is 16.1. The minimum Gasteiger partial charge on any atom is -0.310 e. The Kier molecular flexibility index (Phi) is 6.20. The van der Waals surface area contributed by atoms with E-state index in [2.05, 4.69) is 12.1 Å². The van der Waals surface area contributed by atoms with E-state index in [1.54, 1.807) is 4.90 Å². The Morgan fingerprint density at radius 1 is 1.25 bits per heavy atom. The lowest BCUT2D eigenvalue weighted by Gasteiger charge is -2.25. The van der Waals surface area contributed by atoms with Crippen LogP contribution in [0.1, 0.15) is 24.5 Å². The summed E-state index contributed by atoms with van der Waals surface area (Å²) in [6.45, 7) is 7.68. The number of hydrogen-bond donors (Lipinski definition) is 0. The number of rotatable bonds is 6. The zero-order valence-corrected chi connectivity index (χ0v) is 12.8. The number of hydrogen-bond acceptors (Lipinski definition) is 3. The van der Waals surface area contributed by atoms with E-state index >= 15 is 0 Å². The molecule has 0 aliphatic rings. The van der Waals surface area contributed by atoms with Gasteiger partial charge in [-0.2, -0.15) is 5.26 Å². The highest BCUT2D eigenvalue weighted by molar-refractivity contribution is 5.95. The quantitative estimate of drug-likeness (QED) is 0.800. The van der Waals surface area contributed by atoms with Gasteiger partial charge in [-0.05, 0) is 50.7 Å². The second-order valence-corrected chi connectivity index (χ2v) is 5.13. The average Bonchev–Trinajstić information content (AvgIpc) is 2.37. The summed E-state index contributed by atoms with van der Waals surface area (Å²) in [5.74, 6) is 0.0367. The van der Waals surface area contributed by atoms with Crippen molar-refractivity contribution < 1.29 is 4.79 Å². The molecule has 0 fully saturated rings. The van der Waals surface area contributed by atoms with Gasteiger partial charge in [-0.1, -0.05) is 13.0 Å². The van der Waals surface area contributed by atoms with Crippen molar-refractivity contribution in [2.45, 2.75) is 27.2 Å².